The number of hydrogen-bond donors (Lipinski definition) is 2. The van der Waals surface area contributed by atoms with E-state index >= 15 is 0 Å². The maximum atomic E-state index is 12.6. The number of anilines is 2. The van der Waals surface area contributed by atoms with Crippen LogP contribution in [-0.4, -0.2) is 39.3 Å². The summed E-state index contributed by atoms with van der Waals surface area (Å²) in [5.41, 5.74) is 8.99. The second kappa shape index (κ2) is 7.56. The van der Waals surface area contributed by atoms with E-state index in [1.165, 1.54) is 0 Å². The molecule has 3 N–H and O–H groups in total. The number of nitrogen functional groups attached to an aromatic ring is 1. The Balaban J connectivity index is 1.69. The standard InChI is InChI=1S/C20H25N3O3/c1-13-4-5-14(21)8-19(13)20(24)22-15-6-7-23(12-15)16-9-17(25-2)11-18(10-16)26-3/h4-5,8-11,15H,6-7,12,21H2,1-3H3,(H,22,24). The van der Waals surface area contributed by atoms with Gasteiger partial charge in [-0.25, -0.2) is 0 Å². The zero-order valence-corrected chi connectivity index (χ0v) is 15.4. The van der Waals surface area contributed by atoms with Crippen LogP contribution in [0.25, 0.3) is 0 Å². The van der Waals surface area contributed by atoms with Gasteiger partial charge in [-0.1, -0.05) is 6.07 Å². The number of hydrogen-bond acceptors (Lipinski definition) is 5. The molecule has 1 unspecified atom stereocenters. The van der Waals surface area contributed by atoms with Crippen LogP contribution in [0.1, 0.15) is 22.3 Å². The molecule has 0 radical (unpaired) electrons. The van der Waals surface area contributed by atoms with E-state index in [1.54, 1.807) is 26.4 Å². The van der Waals surface area contributed by atoms with Crippen molar-refractivity contribution in [2.24, 2.45) is 0 Å². The van der Waals surface area contributed by atoms with Crippen molar-refractivity contribution in [2.75, 3.05) is 37.9 Å². The Labute approximate surface area is 153 Å². The average molecular weight is 355 g/mol. The molecule has 0 aliphatic carbocycles. The first-order valence-electron chi connectivity index (χ1n) is 8.65. The number of ether oxygens (including phenoxy) is 2. The molecule has 138 valence electrons. The summed E-state index contributed by atoms with van der Waals surface area (Å²) < 4.78 is 10.7. The van der Waals surface area contributed by atoms with Gasteiger partial charge in [0.05, 0.1) is 14.2 Å². The third kappa shape index (κ3) is 3.85. The number of nitrogens with one attached hydrogen (secondary N) is 1. The summed E-state index contributed by atoms with van der Waals surface area (Å²) in [7, 11) is 3.28. The van der Waals surface area contributed by atoms with Gasteiger partial charge in [0.25, 0.3) is 5.91 Å². The molecule has 1 saturated heterocycles. The van der Waals surface area contributed by atoms with E-state index in [9.17, 15) is 4.79 Å². The number of nitrogens with two attached hydrogens (primary N) is 1. The summed E-state index contributed by atoms with van der Waals surface area (Å²) in [6, 6.07) is 11.3. The predicted molar refractivity (Wildman–Crippen MR) is 103 cm³/mol. The molecule has 0 aromatic heterocycles. The number of nitrogens with zero attached hydrogens (tertiary/aromatic N) is 1. The summed E-state index contributed by atoms with van der Waals surface area (Å²) in [5.74, 6) is 1.43. The molecule has 0 spiro atoms. The lowest BCUT2D eigenvalue weighted by Gasteiger charge is -2.21. The van der Waals surface area contributed by atoms with Gasteiger partial charge < -0.3 is 25.4 Å². The van der Waals surface area contributed by atoms with Crippen LogP contribution >= 0.6 is 0 Å². The van der Waals surface area contributed by atoms with Gasteiger partial charge in [0.2, 0.25) is 0 Å². The molecule has 26 heavy (non-hydrogen) atoms. The Bertz CT molecular complexity index is 785. The first kappa shape index (κ1) is 17.9. The fraction of sp³-hybridized carbons (Fsp3) is 0.350. The van der Waals surface area contributed by atoms with Crippen molar-refractivity contribution in [1.82, 2.24) is 5.32 Å². The van der Waals surface area contributed by atoms with Crippen LogP contribution in [0.5, 0.6) is 11.5 Å². The normalized spacial score (nSPS) is 16.4. The van der Waals surface area contributed by atoms with Crippen molar-refractivity contribution < 1.29 is 14.3 Å². The van der Waals surface area contributed by atoms with Crippen LogP contribution in [0.15, 0.2) is 36.4 Å². The van der Waals surface area contributed by atoms with E-state index < -0.39 is 0 Å². The lowest BCUT2D eigenvalue weighted by Crippen LogP contribution is -2.37. The topological polar surface area (TPSA) is 76.8 Å². The van der Waals surface area contributed by atoms with Crippen molar-refractivity contribution in [3.05, 3.63) is 47.5 Å². The van der Waals surface area contributed by atoms with Crippen molar-refractivity contribution in [2.45, 2.75) is 19.4 Å². The molecule has 2 aromatic rings. The Morgan fingerprint density at radius 3 is 2.50 bits per heavy atom. The number of amides is 1. The summed E-state index contributed by atoms with van der Waals surface area (Å²) in [6.45, 7) is 3.51. The number of benzene rings is 2. The molecule has 1 aliphatic heterocycles. The van der Waals surface area contributed by atoms with Gasteiger partial charge in [-0.2, -0.15) is 0 Å². The fourth-order valence-electron chi connectivity index (χ4n) is 3.23. The molecule has 1 aliphatic rings. The third-order valence-corrected chi connectivity index (χ3v) is 4.73. The van der Waals surface area contributed by atoms with Gasteiger partial charge in [-0.15, -0.1) is 0 Å². The second-order valence-corrected chi connectivity index (χ2v) is 6.55. The molecule has 1 fully saturated rings. The first-order valence-corrected chi connectivity index (χ1v) is 8.65. The largest absolute Gasteiger partial charge is 0.497 e. The quantitative estimate of drug-likeness (QED) is 0.806. The second-order valence-electron chi connectivity index (χ2n) is 6.55. The summed E-state index contributed by atoms with van der Waals surface area (Å²) in [6.07, 6.45) is 0.882. The minimum atomic E-state index is -0.0788. The summed E-state index contributed by atoms with van der Waals surface area (Å²) >= 11 is 0. The number of methoxy groups -OCH3 is 2. The zero-order valence-electron chi connectivity index (χ0n) is 15.4. The van der Waals surface area contributed by atoms with Crippen molar-refractivity contribution >= 4 is 17.3 Å². The number of rotatable bonds is 5. The van der Waals surface area contributed by atoms with E-state index in [0.717, 1.165) is 42.3 Å². The molecule has 1 heterocycles. The molecular weight excluding hydrogens is 330 g/mol. The lowest BCUT2D eigenvalue weighted by atomic mass is 10.1. The predicted octanol–water partition coefficient (Wildman–Crippen LogP) is 2.60. The van der Waals surface area contributed by atoms with E-state index in [2.05, 4.69) is 10.2 Å². The smallest absolute Gasteiger partial charge is 0.251 e. The Morgan fingerprint density at radius 1 is 1.15 bits per heavy atom. The average Bonchev–Trinajstić information content (AvgIpc) is 3.11. The van der Waals surface area contributed by atoms with Crippen LogP contribution in [0.2, 0.25) is 0 Å². The molecule has 2 aromatic carbocycles. The number of aryl methyl sites for hydroxylation is 1. The van der Waals surface area contributed by atoms with E-state index in [1.807, 2.05) is 31.2 Å². The minimum absolute atomic E-state index is 0.0788. The van der Waals surface area contributed by atoms with E-state index in [0.29, 0.717) is 11.3 Å². The van der Waals surface area contributed by atoms with Gasteiger partial charge in [0, 0.05) is 54.3 Å². The minimum Gasteiger partial charge on any atom is -0.497 e. The number of carbonyl (C=O) groups excluding carboxylic acids is 1. The van der Waals surface area contributed by atoms with Crippen LogP contribution in [0.4, 0.5) is 11.4 Å². The molecule has 3 rings (SSSR count). The molecule has 6 heteroatoms. The van der Waals surface area contributed by atoms with Crippen LogP contribution < -0.4 is 25.4 Å². The molecular formula is C20H25N3O3. The highest BCUT2D eigenvalue weighted by molar-refractivity contribution is 5.96. The molecule has 0 saturated carbocycles. The highest BCUT2D eigenvalue weighted by atomic mass is 16.5. The Kier molecular flexibility index (Phi) is 5.21. The Morgan fingerprint density at radius 2 is 1.85 bits per heavy atom. The molecule has 1 amide bonds. The monoisotopic (exact) mass is 355 g/mol. The van der Waals surface area contributed by atoms with E-state index in [4.69, 9.17) is 15.2 Å². The van der Waals surface area contributed by atoms with Gasteiger partial charge in [0.15, 0.2) is 0 Å². The number of carbonyl (C=O) groups is 1. The highest BCUT2D eigenvalue weighted by Gasteiger charge is 2.25. The highest BCUT2D eigenvalue weighted by Crippen LogP contribution is 2.30. The first-order chi connectivity index (χ1) is 12.5. The molecule has 6 nitrogen and oxygen atoms in total. The van der Waals surface area contributed by atoms with Crippen LogP contribution in [0, 0.1) is 6.92 Å². The van der Waals surface area contributed by atoms with Crippen molar-refractivity contribution in [1.29, 1.82) is 0 Å². The summed E-state index contributed by atoms with van der Waals surface area (Å²) in [4.78, 5) is 14.8. The molecule has 0 bridgehead atoms. The Hall–Kier alpha value is -2.89. The van der Waals surface area contributed by atoms with Crippen molar-refractivity contribution in [3.63, 3.8) is 0 Å². The van der Waals surface area contributed by atoms with Gasteiger partial charge in [-0.05, 0) is 31.0 Å². The summed E-state index contributed by atoms with van der Waals surface area (Å²) in [5, 5.41) is 3.12. The van der Waals surface area contributed by atoms with Crippen molar-refractivity contribution in [3.8, 4) is 11.5 Å². The van der Waals surface area contributed by atoms with Gasteiger partial charge in [0.1, 0.15) is 11.5 Å². The lowest BCUT2D eigenvalue weighted by molar-refractivity contribution is 0.0940. The van der Waals surface area contributed by atoms with E-state index in [-0.39, 0.29) is 11.9 Å². The third-order valence-electron chi connectivity index (χ3n) is 4.73. The fourth-order valence-corrected chi connectivity index (χ4v) is 3.23. The maximum absolute atomic E-state index is 12.6. The van der Waals surface area contributed by atoms with Gasteiger partial charge >= 0.3 is 0 Å². The zero-order chi connectivity index (χ0) is 18.7. The maximum Gasteiger partial charge on any atom is 0.251 e. The SMILES string of the molecule is COc1cc(OC)cc(N2CCC(NC(=O)c3cc(N)ccc3C)C2)c1. The molecule has 1 atom stereocenters. The van der Waals surface area contributed by atoms with Gasteiger partial charge in [-0.3, -0.25) is 4.79 Å². The van der Waals surface area contributed by atoms with Crippen LogP contribution in [-0.2, 0) is 0 Å². The van der Waals surface area contributed by atoms with Crippen LogP contribution in [0.3, 0.4) is 0 Å².